The van der Waals surface area contributed by atoms with E-state index in [0.29, 0.717) is 35.2 Å². The number of amidine groups is 1. The second-order valence-electron chi connectivity index (χ2n) is 6.67. The van der Waals surface area contributed by atoms with E-state index in [4.69, 9.17) is 11.6 Å². The molecule has 2 aliphatic heterocycles. The number of benzene rings is 2. The van der Waals surface area contributed by atoms with Crippen molar-refractivity contribution in [2.24, 2.45) is 10.3 Å². The number of carbonyl (C=O) groups excluding carboxylic acids is 1. The number of nitrogens with one attached hydrogen (secondary N) is 1. The van der Waals surface area contributed by atoms with E-state index in [1.807, 2.05) is 4.90 Å². The standard InChI is InChI=1S/C19H18ClN3O3S/c20-14-6-3-7-15(11-14)21-19(24)13-5-4-10-23(12-13)18-16-8-1-2-9-17(16)27(25,26)22-18/h1-3,6-9,11,13H,4-5,10,12H2,(H,21,24)/t13-/m0/s1. The van der Waals surface area contributed by atoms with E-state index < -0.39 is 10.0 Å². The third-order valence-electron chi connectivity index (χ3n) is 4.80. The number of fused-ring (bicyclic) bond motifs is 1. The minimum Gasteiger partial charge on any atom is -0.355 e. The number of carbonyl (C=O) groups is 1. The fraction of sp³-hybridized carbons (Fsp3) is 0.263. The number of likely N-dealkylation sites (tertiary alicyclic amines) is 1. The Kier molecular flexibility index (Phi) is 4.65. The summed E-state index contributed by atoms with van der Waals surface area (Å²) in [6.45, 7) is 1.10. The number of anilines is 1. The van der Waals surface area contributed by atoms with Gasteiger partial charge in [0.1, 0.15) is 4.90 Å². The number of nitrogens with zero attached hydrogens (tertiary/aromatic N) is 2. The van der Waals surface area contributed by atoms with Crippen molar-refractivity contribution in [3.63, 3.8) is 0 Å². The molecule has 2 heterocycles. The van der Waals surface area contributed by atoms with Crippen molar-refractivity contribution < 1.29 is 13.2 Å². The van der Waals surface area contributed by atoms with Crippen LogP contribution in [0.15, 0.2) is 57.8 Å². The molecular weight excluding hydrogens is 386 g/mol. The fourth-order valence-corrected chi connectivity index (χ4v) is 4.93. The molecule has 0 aliphatic carbocycles. The number of amides is 1. The molecule has 1 amide bonds. The highest BCUT2D eigenvalue weighted by Crippen LogP contribution is 2.30. The molecule has 2 aromatic rings. The van der Waals surface area contributed by atoms with E-state index in [1.165, 1.54) is 0 Å². The molecule has 2 aliphatic rings. The van der Waals surface area contributed by atoms with Crippen molar-refractivity contribution >= 4 is 39.1 Å². The SMILES string of the molecule is O=C(Nc1cccc(Cl)c1)[C@H]1CCCN(C2=NS(=O)(=O)c3ccccc32)C1. The monoisotopic (exact) mass is 403 g/mol. The van der Waals surface area contributed by atoms with Crippen molar-refractivity contribution in [1.82, 2.24) is 4.90 Å². The molecule has 0 unspecified atom stereocenters. The van der Waals surface area contributed by atoms with Gasteiger partial charge in [-0.15, -0.1) is 4.40 Å². The van der Waals surface area contributed by atoms with Crippen LogP contribution in [-0.4, -0.2) is 38.2 Å². The molecule has 1 atom stereocenters. The molecule has 1 N–H and O–H groups in total. The summed E-state index contributed by atoms with van der Waals surface area (Å²) in [5, 5.41) is 3.45. The summed E-state index contributed by atoms with van der Waals surface area (Å²) in [4.78, 5) is 14.8. The first-order chi connectivity index (χ1) is 12.9. The molecular formula is C19H18ClN3O3S. The summed E-state index contributed by atoms with van der Waals surface area (Å²) in [6.07, 6.45) is 1.53. The fourth-order valence-electron chi connectivity index (χ4n) is 3.51. The van der Waals surface area contributed by atoms with Crippen LogP contribution in [0.3, 0.4) is 0 Å². The van der Waals surface area contributed by atoms with E-state index >= 15 is 0 Å². The van der Waals surface area contributed by atoms with Gasteiger partial charge >= 0.3 is 0 Å². The first kappa shape index (κ1) is 18.0. The Bertz CT molecular complexity index is 1040. The zero-order chi connectivity index (χ0) is 19.0. The van der Waals surface area contributed by atoms with Gasteiger partial charge in [0, 0.05) is 29.4 Å². The summed E-state index contributed by atoms with van der Waals surface area (Å²) < 4.78 is 28.5. The van der Waals surface area contributed by atoms with Crippen molar-refractivity contribution in [3.05, 3.63) is 59.1 Å². The Labute approximate surface area is 162 Å². The average Bonchev–Trinajstić information content (AvgIpc) is 2.93. The van der Waals surface area contributed by atoms with Gasteiger partial charge in [-0.05, 0) is 43.2 Å². The molecule has 6 nitrogen and oxygen atoms in total. The van der Waals surface area contributed by atoms with Gasteiger partial charge in [-0.3, -0.25) is 4.79 Å². The van der Waals surface area contributed by atoms with Crippen molar-refractivity contribution in [3.8, 4) is 0 Å². The molecule has 8 heteroatoms. The number of hydrogen-bond donors (Lipinski definition) is 1. The lowest BCUT2D eigenvalue weighted by atomic mass is 9.96. The second-order valence-corrected chi connectivity index (χ2v) is 8.68. The molecule has 0 radical (unpaired) electrons. The van der Waals surface area contributed by atoms with E-state index in [9.17, 15) is 13.2 Å². The normalized spacial score (nSPS) is 20.7. The summed E-state index contributed by atoms with van der Waals surface area (Å²) >= 11 is 5.97. The number of sulfonamides is 1. The lowest BCUT2D eigenvalue weighted by Gasteiger charge is -2.33. The number of halogens is 1. The van der Waals surface area contributed by atoms with E-state index in [1.54, 1.807) is 48.5 Å². The van der Waals surface area contributed by atoms with Crippen molar-refractivity contribution in [2.75, 3.05) is 18.4 Å². The Morgan fingerprint density at radius 2 is 2.00 bits per heavy atom. The summed E-state index contributed by atoms with van der Waals surface area (Å²) in [7, 11) is -3.66. The molecule has 0 aromatic heterocycles. The first-order valence-electron chi connectivity index (χ1n) is 8.70. The van der Waals surface area contributed by atoms with Gasteiger partial charge < -0.3 is 10.2 Å². The highest BCUT2D eigenvalue weighted by molar-refractivity contribution is 7.90. The highest BCUT2D eigenvalue weighted by atomic mass is 35.5. The quantitative estimate of drug-likeness (QED) is 0.835. The molecule has 4 rings (SSSR count). The van der Waals surface area contributed by atoms with Crippen LogP contribution >= 0.6 is 11.6 Å². The lowest BCUT2D eigenvalue weighted by Crippen LogP contribution is -2.43. The minimum absolute atomic E-state index is 0.100. The number of piperidine rings is 1. The first-order valence-corrected chi connectivity index (χ1v) is 10.5. The van der Waals surface area contributed by atoms with Crippen LogP contribution in [0.1, 0.15) is 18.4 Å². The smallest absolute Gasteiger partial charge is 0.285 e. The molecule has 0 saturated carbocycles. The minimum atomic E-state index is -3.66. The maximum Gasteiger partial charge on any atom is 0.285 e. The molecule has 140 valence electrons. The topological polar surface area (TPSA) is 78.8 Å². The molecule has 0 spiro atoms. The predicted molar refractivity (Wildman–Crippen MR) is 105 cm³/mol. The van der Waals surface area contributed by atoms with Crippen molar-refractivity contribution in [1.29, 1.82) is 0 Å². The molecule has 2 aromatic carbocycles. The van der Waals surface area contributed by atoms with Crippen molar-refractivity contribution in [2.45, 2.75) is 17.7 Å². The summed E-state index contributed by atoms with van der Waals surface area (Å²) in [5.41, 5.74) is 1.25. The molecule has 0 bridgehead atoms. The number of hydrogen-bond acceptors (Lipinski definition) is 4. The largest absolute Gasteiger partial charge is 0.355 e. The van der Waals surface area contributed by atoms with Crippen LogP contribution in [0.5, 0.6) is 0 Å². The van der Waals surface area contributed by atoms with Gasteiger partial charge in [-0.1, -0.05) is 29.8 Å². The van der Waals surface area contributed by atoms with Crippen LogP contribution in [0.2, 0.25) is 5.02 Å². The lowest BCUT2D eigenvalue weighted by molar-refractivity contribution is -0.121. The van der Waals surface area contributed by atoms with Gasteiger partial charge in [0.15, 0.2) is 5.84 Å². The van der Waals surface area contributed by atoms with Crippen LogP contribution in [0.25, 0.3) is 0 Å². The van der Waals surface area contributed by atoms with Crippen LogP contribution in [0.4, 0.5) is 5.69 Å². The maximum atomic E-state index is 12.7. The Hall–Kier alpha value is -2.38. The van der Waals surface area contributed by atoms with Gasteiger partial charge in [-0.25, -0.2) is 0 Å². The van der Waals surface area contributed by atoms with Crippen LogP contribution < -0.4 is 5.32 Å². The average molecular weight is 404 g/mol. The molecule has 1 fully saturated rings. The Morgan fingerprint density at radius 3 is 2.81 bits per heavy atom. The Balaban J connectivity index is 1.53. The maximum absolute atomic E-state index is 12.7. The second kappa shape index (κ2) is 6.98. The third-order valence-corrected chi connectivity index (χ3v) is 6.36. The van der Waals surface area contributed by atoms with E-state index in [-0.39, 0.29) is 16.7 Å². The Morgan fingerprint density at radius 1 is 1.19 bits per heavy atom. The summed E-state index contributed by atoms with van der Waals surface area (Å²) in [6, 6.07) is 13.8. The van der Waals surface area contributed by atoms with Gasteiger partial charge in [0.2, 0.25) is 5.91 Å². The van der Waals surface area contributed by atoms with Gasteiger partial charge in [0.25, 0.3) is 10.0 Å². The zero-order valence-electron chi connectivity index (χ0n) is 14.4. The molecule has 1 saturated heterocycles. The number of rotatable bonds is 2. The van der Waals surface area contributed by atoms with Crippen LogP contribution in [-0.2, 0) is 14.8 Å². The predicted octanol–water partition coefficient (Wildman–Crippen LogP) is 3.14. The van der Waals surface area contributed by atoms with Gasteiger partial charge in [-0.2, -0.15) is 8.42 Å². The van der Waals surface area contributed by atoms with E-state index in [0.717, 1.165) is 12.8 Å². The highest BCUT2D eigenvalue weighted by Gasteiger charge is 2.35. The third kappa shape index (κ3) is 3.57. The van der Waals surface area contributed by atoms with Crippen LogP contribution in [0, 0.1) is 5.92 Å². The van der Waals surface area contributed by atoms with E-state index in [2.05, 4.69) is 9.71 Å². The zero-order valence-corrected chi connectivity index (χ0v) is 16.0. The molecule has 27 heavy (non-hydrogen) atoms. The van der Waals surface area contributed by atoms with Gasteiger partial charge in [0.05, 0.1) is 5.92 Å². The summed E-state index contributed by atoms with van der Waals surface area (Å²) in [5.74, 6) is 0.0819.